The molecule has 1 saturated heterocycles. The predicted molar refractivity (Wildman–Crippen MR) is 44.2 cm³/mol. The Morgan fingerprint density at radius 3 is 3.08 bits per heavy atom. The molecular weight excluding hydrogens is 154 g/mol. The highest BCUT2D eigenvalue weighted by Crippen LogP contribution is 2.19. The van der Waals surface area contributed by atoms with Gasteiger partial charge in [0.1, 0.15) is 0 Å². The van der Waals surface area contributed by atoms with Crippen molar-refractivity contribution in [1.82, 2.24) is 5.06 Å². The molecule has 0 aromatic heterocycles. The van der Waals surface area contributed by atoms with Crippen molar-refractivity contribution in [2.75, 3.05) is 13.2 Å². The third kappa shape index (κ3) is 1.50. The molecule has 3 nitrogen and oxygen atoms in total. The summed E-state index contributed by atoms with van der Waals surface area (Å²) >= 11 is 0. The van der Waals surface area contributed by atoms with Crippen LogP contribution in [0.3, 0.4) is 0 Å². The van der Waals surface area contributed by atoms with Gasteiger partial charge >= 0.3 is 0 Å². The van der Waals surface area contributed by atoms with Gasteiger partial charge < -0.3 is 0 Å². The van der Waals surface area contributed by atoms with Crippen LogP contribution in [0.4, 0.5) is 0 Å². The summed E-state index contributed by atoms with van der Waals surface area (Å²) in [6, 6.07) is 0. The second-order valence-electron chi connectivity index (χ2n) is 3.30. The van der Waals surface area contributed by atoms with Gasteiger partial charge in [-0.05, 0) is 24.8 Å². The lowest BCUT2D eigenvalue weighted by molar-refractivity contribution is -0.183. The van der Waals surface area contributed by atoms with Gasteiger partial charge in [-0.1, -0.05) is 6.08 Å². The lowest BCUT2D eigenvalue weighted by Crippen LogP contribution is -2.36. The highest BCUT2D eigenvalue weighted by atomic mass is 16.7. The topological polar surface area (TPSA) is 29.5 Å². The summed E-state index contributed by atoms with van der Waals surface area (Å²) in [5.41, 5.74) is 1.36. The average molecular weight is 167 g/mol. The lowest BCUT2D eigenvalue weighted by atomic mass is 10.0. The van der Waals surface area contributed by atoms with E-state index in [0.717, 1.165) is 19.3 Å². The van der Waals surface area contributed by atoms with Gasteiger partial charge in [-0.25, -0.2) is 5.06 Å². The summed E-state index contributed by atoms with van der Waals surface area (Å²) < 4.78 is 0. The maximum Gasteiger partial charge on any atom is 0.246 e. The number of carbonyl (C=O) groups is 1. The second-order valence-corrected chi connectivity index (χ2v) is 3.30. The molecule has 1 fully saturated rings. The third-order valence-corrected chi connectivity index (χ3v) is 2.37. The number of hydrogen-bond acceptors (Lipinski definition) is 2. The zero-order valence-corrected chi connectivity index (χ0v) is 7.08. The van der Waals surface area contributed by atoms with Gasteiger partial charge in [0, 0.05) is 6.42 Å². The minimum Gasteiger partial charge on any atom is -0.273 e. The zero-order valence-electron chi connectivity index (χ0n) is 7.08. The van der Waals surface area contributed by atoms with E-state index in [-0.39, 0.29) is 5.91 Å². The average Bonchev–Trinajstić information content (AvgIpc) is 2.11. The summed E-state index contributed by atoms with van der Waals surface area (Å²) in [4.78, 5) is 16.6. The number of nitrogens with zero attached hydrogens (tertiary/aromatic N) is 1. The molecule has 0 spiro atoms. The lowest BCUT2D eigenvalue weighted by Gasteiger charge is -2.28. The van der Waals surface area contributed by atoms with Gasteiger partial charge in [0.05, 0.1) is 13.2 Å². The van der Waals surface area contributed by atoms with Crippen molar-refractivity contribution in [3.05, 3.63) is 11.6 Å². The molecular formula is C9H13NO2. The molecule has 2 aliphatic heterocycles. The standard InChI is InChI=1S/C9H13NO2/c11-9-4-2-1-3-8-5-6-12-10(9)7-8/h5H,1-4,6-7H2. The van der Waals surface area contributed by atoms with Gasteiger partial charge in [0.25, 0.3) is 0 Å². The van der Waals surface area contributed by atoms with Crippen LogP contribution in [0, 0.1) is 0 Å². The molecule has 2 bridgehead atoms. The Balaban J connectivity index is 2.11. The van der Waals surface area contributed by atoms with Gasteiger partial charge in [-0.2, -0.15) is 0 Å². The molecule has 2 heterocycles. The van der Waals surface area contributed by atoms with E-state index in [1.807, 2.05) is 0 Å². The molecule has 2 rings (SSSR count). The highest BCUT2D eigenvalue weighted by molar-refractivity contribution is 5.75. The Kier molecular flexibility index (Phi) is 2.13. The smallest absolute Gasteiger partial charge is 0.246 e. The molecule has 66 valence electrons. The van der Waals surface area contributed by atoms with Gasteiger partial charge in [0.15, 0.2) is 0 Å². The number of hydroxylamine groups is 2. The largest absolute Gasteiger partial charge is 0.273 e. The molecule has 0 N–H and O–H groups in total. The Bertz CT molecular complexity index is 223. The summed E-state index contributed by atoms with van der Waals surface area (Å²) in [6.45, 7) is 1.26. The quantitative estimate of drug-likeness (QED) is 0.508. The molecule has 0 aromatic carbocycles. The molecule has 3 heteroatoms. The van der Waals surface area contributed by atoms with Crippen molar-refractivity contribution in [1.29, 1.82) is 0 Å². The fourth-order valence-corrected chi connectivity index (χ4v) is 1.63. The summed E-state index contributed by atoms with van der Waals surface area (Å²) in [6.07, 6.45) is 6.01. The highest BCUT2D eigenvalue weighted by Gasteiger charge is 2.20. The van der Waals surface area contributed by atoms with Gasteiger partial charge in [-0.3, -0.25) is 9.63 Å². The van der Waals surface area contributed by atoms with Gasteiger partial charge in [0.2, 0.25) is 5.91 Å². The first-order chi connectivity index (χ1) is 5.86. The van der Waals surface area contributed by atoms with E-state index >= 15 is 0 Å². The summed E-state index contributed by atoms with van der Waals surface area (Å²) in [5.74, 6) is 0.139. The van der Waals surface area contributed by atoms with Crippen LogP contribution in [0.25, 0.3) is 0 Å². The molecule has 0 aliphatic carbocycles. The van der Waals surface area contributed by atoms with Crippen LogP contribution in [0.1, 0.15) is 25.7 Å². The minimum absolute atomic E-state index is 0.139. The Hall–Kier alpha value is -0.830. The van der Waals surface area contributed by atoms with Crippen molar-refractivity contribution < 1.29 is 9.63 Å². The van der Waals surface area contributed by atoms with E-state index in [0.29, 0.717) is 19.6 Å². The van der Waals surface area contributed by atoms with Crippen LogP contribution < -0.4 is 0 Å². The molecule has 0 saturated carbocycles. The zero-order chi connectivity index (χ0) is 8.39. The number of amides is 1. The maximum atomic E-state index is 11.4. The summed E-state index contributed by atoms with van der Waals surface area (Å²) in [7, 11) is 0. The molecule has 0 aromatic rings. The van der Waals surface area contributed by atoms with Crippen LogP contribution in [0.2, 0.25) is 0 Å². The van der Waals surface area contributed by atoms with Crippen molar-refractivity contribution in [3.63, 3.8) is 0 Å². The Morgan fingerprint density at radius 1 is 1.33 bits per heavy atom. The number of carbonyl (C=O) groups excluding carboxylic acids is 1. The first kappa shape index (κ1) is 7.80. The predicted octanol–water partition coefficient (Wildman–Crippen LogP) is 1.26. The molecule has 2 aliphatic rings. The van der Waals surface area contributed by atoms with Crippen molar-refractivity contribution >= 4 is 5.91 Å². The molecule has 12 heavy (non-hydrogen) atoms. The number of rotatable bonds is 0. The Morgan fingerprint density at radius 2 is 2.17 bits per heavy atom. The van der Waals surface area contributed by atoms with E-state index < -0.39 is 0 Å². The third-order valence-electron chi connectivity index (χ3n) is 2.37. The first-order valence-corrected chi connectivity index (χ1v) is 4.47. The normalized spacial score (nSPS) is 24.5. The van der Waals surface area contributed by atoms with E-state index in [1.165, 1.54) is 10.6 Å². The second kappa shape index (κ2) is 3.27. The van der Waals surface area contributed by atoms with Crippen LogP contribution >= 0.6 is 0 Å². The monoisotopic (exact) mass is 167 g/mol. The van der Waals surface area contributed by atoms with Crippen molar-refractivity contribution in [2.24, 2.45) is 0 Å². The Labute approximate surface area is 71.9 Å². The van der Waals surface area contributed by atoms with E-state index in [2.05, 4.69) is 6.08 Å². The first-order valence-electron chi connectivity index (χ1n) is 4.47. The van der Waals surface area contributed by atoms with Crippen molar-refractivity contribution in [2.45, 2.75) is 25.7 Å². The molecule has 0 radical (unpaired) electrons. The minimum atomic E-state index is 0.139. The van der Waals surface area contributed by atoms with Crippen LogP contribution in [-0.4, -0.2) is 24.1 Å². The molecule has 1 amide bonds. The fourth-order valence-electron chi connectivity index (χ4n) is 1.63. The molecule has 0 atom stereocenters. The van der Waals surface area contributed by atoms with E-state index in [9.17, 15) is 4.79 Å². The maximum absolute atomic E-state index is 11.4. The SMILES string of the molecule is O=C1CCCCC2=CCON1C2. The fraction of sp³-hybridized carbons (Fsp3) is 0.667. The molecule has 0 unspecified atom stereocenters. The number of hydrogen-bond donors (Lipinski definition) is 0. The summed E-state index contributed by atoms with van der Waals surface area (Å²) in [5, 5.41) is 1.51. The van der Waals surface area contributed by atoms with Crippen LogP contribution in [-0.2, 0) is 9.63 Å². The van der Waals surface area contributed by atoms with Gasteiger partial charge in [-0.15, -0.1) is 0 Å². The van der Waals surface area contributed by atoms with E-state index in [1.54, 1.807) is 0 Å². The van der Waals surface area contributed by atoms with Crippen LogP contribution in [0.15, 0.2) is 11.6 Å². The van der Waals surface area contributed by atoms with Crippen LogP contribution in [0.5, 0.6) is 0 Å². The number of fused-ring (bicyclic) bond motifs is 2. The van der Waals surface area contributed by atoms with Crippen molar-refractivity contribution in [3.8, 4) is 0 Å². The van der Waals surface area contributed by atoms with E-state index in [4.69, 9.17) is 4.84 Å².